The summed E-state index contributed by atoms with van der Waals surface area (Å²) < 4.78 is 3.51. The van der Waals surface area contributed by atoms with Gasteiger partial charge >= 0.3 is 0 Å². The number of nitrogens with zero attached hydrogens (tertiary/aromatic N) is 2. The number of halogens is 1. The molecule has 4 aromatic rings. The van der Waals surface area contributed by atoms with Gasteiger partial charge in [-0.1, -0.05) is 47.7 Å². The van der Waals surface area contributed by atoms with Crippen molar-refractivity contribution in [2.45, 2.75) is 23.9 Å². The summed E-state index contributed by atoms with van der Waals surface area (Å²) in [5.41, 5.74) is 7.14. The first-order valence-electron chi connectivity index (χ1n) is 8.96. The Morgan fingerprint density at radius 1 is 1.04 bits per heavy atom. The lowest BCUT2D eigenvalue weighted by atomic mass is 10.1. The van der Waals surface area contributed by atoms with E-state index in [2.05, 4.69) is 96.0 Å². The Labute approximate surface area is 187 Å². The Bertz CT molecular complexity index is 1150. The van der Waals surface area contributed by atoms with Gasteiger partial charge in [-0.2, -0.15) is 0 Å². The van der Waals surface area contributed by atoms with Crippen LogP contribution in [0, 0.1) is 17.4 Å². The molecule has 0 unspecified atom stereocenters. The summed E-state index contributed by atoms with van der Waals surface area (Å²) in [6, 6.07) is 21.2. The van der Waals surface area contributed by atoms with Gasteiger partial charge in [-0.25, -0.2) is 4.98 Å². The van der Waals surface area contributed by atoms with Crippen molar-refractivity contribution in [1.29, 1.82) is 0 Å². The predicted molar refractivity (Wildman–Crippen MR) is 132 cm³/mol. The number of hydrogen-bond acceptors (Lipinski definition) is 4. The second kappa shape index (κ2) is 8.76. The van der Waals surface area contributed by atoms with E-state index >= 15 is 0 Å². The quantitative estimate of drug-likeness (QED) is 0.156. The van der Waals surface area contributed by atoms with Crippen LogP contribution in [-0.2, 0) is 5.75 Å². The van der Waals surface area contributed by atoms with Crippen molar-refractivity contribution in [2.24, 2.45) is 4.99 Å². The number of rotatable bonds is 5. The number of aromatic nitrogens is 1. The minimum Gasteiger partial charge on any atom is -0.256 e. The van der Waals surface area contributed by atoms with Gasteiger partial charge in [-0.15, -0.1) is 11.3 Å². The van der Waals surface area contributed by atoms with Crippen LogP contribution >= 0.6 is 45.7 Å². The zero-order valence-electron chi connectivity index (χ0n) is 15.6. The maximum absolute atomic E-state index is 4.77. The van der Waals surface area contributed by atoms with E-state index in [1.165, 1.54) is 25.0 Å². The molecule has 0 atom stereocenters. The molecule has 2 nitrogen and oxygen atoms in total. The molecule has 1 aromatic heterocycles. The molecule has 5 heteroatoms. The molecule has 0 aliphatic heterocycles. The molecule has 0 fully saturated rings. The maximum atomic E-state index is 4.77. The van der Waals surface area contributed by atoms with E-state index in [0.29, 0.717) is 0 Å². The normalized spacial score (nSPS) is 11.5. The summed E-state index contributed by atoms with van der Waals surface area (Å²) in [7, 11) is 0. The smallest absolute Gasteiger partial charge is 0.151 e. The third-order valence-electron chi connectivity index (χ3n) is 4.43. The monoisotopic (exact) mass is 514 g/mol. The van der Waals surface area contributed by atoms with Crippen molar-refractivity contribution in [1.82, 2.24) is 4.98 Å². The number of thioether (sulfide) groups is 1. The lowest BCUT2D eigenvalue weighted by Gasteiger charge is -2.05. The topological polar surface area (TPSA) is 25.2 Å². The average Bonchev–Trinajstić information content (AvgIpc) is 3.09. The van der Waals surface area contributed by atoms with E-state index < -0.39 is 0 Å². The number of aryl methyl sites for hydroxylation is 2. The minimum absolute atomic E-state index is 0.948. The van der Waals surface area contributed by atoms with Gasteiger partial charge in [-0.3, -0.25) is 4.99 Å². The molecule has 1 heterocycles. The lowest BCUT2D eigenvalue weighted by molar-refractivity contribution is 1.25. The van der Waals surface area contributed by atoms with E-state index in [1.807, 2.05) is 12.3 Å². The van der Waals surface area contributed by atoms with Crippen LogP contribution in [0.4, 0.5) is 5.69 Å². The highest BCUT2D eigenvalue weighted by molar-refractivity contribution is 14.1. The molecular weight excluding hydrogens is 495 g/mol. The molecule has 0 N–H and O–H groups in total. The second-order valence-electron chi connectivity index (χ2n) is 6.66. The summed E-state index contributed by atoms with van der Waals surface area (Å²) >= 11 is 5.85. The standard InChI is InChI=1S/C23H19IN2S2/c1-15-3-6-18(16(2)11-15)14-27-23-26-21-10-9-20(12-22(21)28-23)25-13-17-4-7-19(24)8-5-17/h3-13H,14H2,1-2H3. The molecule has 0 amide bonds. The first-order chi connectivity index (χ1) is 13.6. The highest BCUT2D eigenvalue weighted by atomic mass is 127. The molecule has 0 aliphatic carbocycles. The van der Waals surface area contributed by atoms with E-state index in [-0.39, 0.29) is 0 Å². The fraction of sp³-hybridized carbons (Fsp3) is 0.130. The summed E-state index contributed by atoms with van der Waals surface area (Å²) in [6.45, 7) is 4.31. The van der Waals surface area contributed by atoms with Gasteiger partial charge in [0.05, 0.1) is 15.9 Å². The largest absolute Gasteiger partial charge is 0.256 e. The van der Waals surface area contributed by atoms with Crippen LogP contribution < -0.4 is 0 Å². The average molecular weight is 514 g/mol. The van der Waals surface area contributed by atoms with Gasteiger partial charge in [0.25, 0.3) is 0 Å². The van der Waals surface area contributed by atoms with Gasteiger partial charge in [-0.05, 0) is 83.5 Å². The highest BCUT2D eigenvalue weighted by Crippen LogP contribution is 2.34. The first kappa shape index (κ1) is 19.6. The van der Waals surface area contributed by atoms with Crippen LogP contribution in [0.3, 0.4) is 0 Å². The predicted octanol–water partition coefficient (Wildman–Crippen LogP) is 7.56. The van der Waals surface area contributed by atoms with Crippen LogP contribution in [0.2, 0.25) is 0 Å². The molecule has 0 bridgehead atoms. The molecule has 0 radical (unpaired) electrons. The Morgan fingerprint density at radius 3 is 2.64 bits per heavy atom. The second-order valence-corrected chi connectivity index (χ2v) is 10.2. The lowest BCUT2D eigenvalue weighted by Crippen LogP contribution is -1.87. The Kier molecular flexibility index (Phi) is 6.13. The number of benzene rings is 3. The van der Waals surface area contributed by atoms with Gasteiger partial charge in [0, 0.05) is 15.5 Å². The summed E-state index contributed by atoms with van der Waals surface area (Å²) in [6.07, 6.45) is 1.91. The van der Waals surface area contributed by atoms with Crippen molar-refractivity contribution in [2.75, 3.05) is 0 Å². The van der Waals surface area contributed by atoms with E-state index in [1.54, 1.807) is 23.1 Å². The van der Waals surface area contributed by atoms with Crippen LogP contribution in [0.1, 0.15) is 22.3 Å². The molecule has 28 heavy (non-hydrogen) atoms. The number of fused-ring (bicyclic) bond motifs is 1. The van der Waals surface area contributed by atoms with Crippen LogP contribution in [0.15, 0.2) is 70.0 Å². The number of hydrogen-bond donors (Lipinski definition) is 0. The molecule has 0 aliphatic rings. The summed E-state index contributed by atoms with van der Waals surface area (Å²) in [4.78, 5) is 9.40. The summed E-state index contributed by atoms with van der Waals surface area (Å²) in [5.74, 6) is 0.948. The fourth-order valence-corrected chi connectivity index (χ4v) is 5.42. The molecule has 140 valence electrons. The van der Waals surface area contributed by atoms with Crippen LogP contribution in [-0.4, -0.2) is 11.2 Å². The van der Waals surface area contributed by atoms with Crippen molar-refractivity contribution in [3.8, 4) is 0 Å². The van der Waals surface area contributed by atoms with E-state index in [0.717, 1.165) is 26.9 Å². The van der Waals surface area contributed by atoms with Crippen molar-refractivity contribution in [3.63, 3.8) is 0 Å². The molecule has 3 aromatic carbocycles. The minimum atomic E-state index is 0.948. The third kappa shape index (κ3) is 4.82. The van der Waals surface area contributed by atoms with E-state index in [4.69, 9.17) is 4.98 Å². The summed E-state index contributed by atoms with van der Waals surface area (Å²) in [5, 5.41) is 0. The molecule has 0 spiro atoms. The van der Waals surface area contributed by atoms with Gasteiger partial charge in [0.1, 0.15) is 0 Å². The SMILES string of the molecule is Cc1ccc(CSc2nc3ccc(N=Cc4ccc(I)cc4)cc3s2)c(C)c1. The maximum Gasteiger partial charge on any atom is 0.151 e. The zero-order chi connectivity index (χ0) is 19.5. The molecule has 0 saturated heterocycles. The van der Waals surface area contributed by atoms with Crippen molar-refractivity contribution < 1.29 is 0 Å². The first-order valence-corrected chi connectivity index (χ1v) is 11.8. The third-order valence-corrected chi connectivity index (χ3v) is 7.36. The molecular formula is C23H19IN2S2. The van der Waals surface area contributed by atoms with Crippen molar-refractivity contribution >= 4 is 67.8 Å². The molecule has 0 saturated carbocycles. The van der Waals surface area contributed by atoms with Crippen molar-refractivity contribution in [3.05, 3.63) is 86.5 Å². The Hall–Kier alpha value is -1.70. The van der Waals surface area contributed by atoms with Crippen LogP contribution in [0.5, 0.6) is 0 Å². The van der Waals surface area contributed by atoms with E-state index in [9.17, 15) is 0 Å². The van der Waals surface area contributed by atoms with Gasteiger partial charge < -0.3 is 0 Å². The Morgan fingerprint density at radius 2 is 1.86 bits per heavy atom. The zero-order valence-corrected chi connectivity index (χ0v) is 19.4. The fourth-order valence-electron chi connectivity index (χ4n) is 2.88. The van der Waals surface area contributed by atoms with Gasteiger partial charge in [0.2, 0.25) is 0 Å². The van der Waals surface area contributed by atoms with Gasteiger partial charge in [0.15, 0.2) is 4.34 Å². The van der Waals surface area contributed by atoms with Crippen LogP contribution in [0.25, 0.3) is 10.2 Å². The Balaban J connectivity index is 1.49. The number of thiazole rings is 1. The number of aliphatic imine (C=N–C) groups is 1. The highest BCUT2D eigenvalue weighted by Gasteiger charge is 2.07. The molecule has 4 rings (SSSR count).